The molecule has 0 aliphatic heterocycles. The highest BCUT2D eigenvalue weighted by Gasteiger charge is 2.23. The van der Waals surface area contributed by atoms with Crippen LogP contribution in [0, 0.1) is 5.92 Å². The lowest BCUT2D eigenvalue weighted by molar-refractivity contribution is 0.259. The summed E-state index contributed by atoms with van der Waals surface area (Å²) in [6.45, 7) is 1.81. The molecule has 5 nitrogen and oxygen atoms in total. The zero-order valence-corrected chi connectivity index (χ0v) is 9.80. The first-order valence-electron chi connectivity index (χ1n) is 5.86. The minimum absolute atomic E-state index is 0.518. The Morgan fingerprint density at radius 3 is 3.06 bits per heavy atom. The van der Waals surface area contributed by atoms with E-state index in [1.807, 2.05) is 12.1 Å². The highest BCUT2D eigenvalue weighted by molar-refractivity contribution is 5.44. The smallest absolute Gasteiger partial charge is 0.241 e. The van der Waals surface area contributed by atoms with E-state index in [2.05, 4.69) is 22.1 Å². The molecular formula is C12H15N3O2. The lowest BCUT2D eigenvalue weighted by Crippen LogP contribution is -2.20. The molecule has 1 saturated carbocycles. The third-order valence-corrected chi connectivity index (χ3v) is 2.88. The van der Waals surface area contributed by atoms with Gasteiger partial charge in [0.05, 0.1) is 12.8 Å². The Morgan fingerprint density at radius 1 is 1.47 bits per heavy atom. The van der Waals surface area contributed by atoms with Gasteiger partial charge < -0.3 is 8.94 Å². The van der Waals surface area contributed by atoms with Crippen LogP contribution in [0.25, 0.3) is 11.6 Å². The summed E-state index contributed by atoms with van der Waals surface area (Å²) in [5.74, 6) is 2.67. The summed E-state index contributed by atoms with van der Waals surface area (Å²) in [5.41, 5.74) is 0. The first-order valence-corrected chi connectivity index (χ1v) is 5.86. The molecule has 1 aliphatic carbocycles. The normalized spacial score (nSPS) is 15.6. The maximum absolute atomic E-state index is 5.21. The van der Waals surface area contributed by atoms with Crippen molar-refractivity contribution in [3.63, 3.8) is 0 Å². The fraction of sp³-hybridized carbons (Fsp3) is 0.500. The summed E-state index contributed by atoms with van der Waals surface area (Å²) in [6.07, 6.45) is 4.31. The van der Waals surface area contributed by atoms with Gasteiger partial charge in [-0.1, -0.05) is 5.16 Å². The molecule has 0 atom stereocenters. The van der Waals surface area contributed by atoms with Gasteiger partial charge in [-0.05, 0) is 37.9 Å². The van der Waals surface area contributed by atoms with Crippen molar-refractivity contribution in [1.29, 1.82) is 0 Å². The lowest BCUT2D eigenvalue weighted by atomic mass is 10.4. The Morgan fingerprint density at radius 2 is 2.35 bits per heavy atom. The van der Waals surface area contributed by atoms with Gasteiger partial charge in [0, 0.05) is 6.54 Å². The van der Waals surface area contributed by atoms with E-state index in [1.165, 1.54) is 12.8 Å². The van der Waals surface area contributed by atoms with Crippen LogP contribution in [0.3, 0.4) is 0 Å². The molecule has 0 unspecified atom stereocenters. The number of nitrogens with zero attached hydrogens (tertiary/aromatic N) is 3. The first kappa shape index (κ1) is 10.5. The Bertz CT molecular complexity index is 474. The van der Waals surface area contributed by atoms with Gasteiger partial charge >= 0.3 is 0 Å². The van der Waals surface area contributed by atoms with Gasteiger partial charge in [-0.2, -0.15) is 4.98 Å². The third-order valence-electron chi connectivity index (χ3n) is 2.88. The van der Waals surface area contributed by atoms with E-state index in [1.54, 1.807) is 6.26 Å². The second-order valence-corrected chi connectivity index (χ2v) is 4.63. The SMILES string of the molecule is CN(Cc1nc(-c2ccco2)no1)CC1CC1. The van der Waals surface area contributed by atoms with Crippen LogP contribution in [0.1, 0.15) is 18.7 Å². The van der Waals surface area contributed by atoms with E-state index in [9.17, 15) is 0 Å². The zero-order chi connectivity index (χ0) is 11.7. The van der Waals surface area contributed by atoms with Crippen LogP contribution in [-0.2, 0) is 6.54 Å². The van der Waals surface area contributed by atoms with Crippen molar-refractivity contribution in [2.75, 3.05) is 13.6 Å². The lowest BCUT2D eigenvalue weighted by Gasteiger charge is -2.12. The van der Waals surface area contributed by atoms with Gasteiger partial charge in [0.1, 0.15) is 0 Å². The minimum atomic E-state index is 0.518. The molecule has 2 heterocycles. The summed E-state index contributed by atoms with van der Waals surface area (Å²) in [7, 11) is 2.08. The predicted molar refractivity (Wildman–Crippen MR) is 61.1 cm³/mol. The molecule has 5 heteroatoms. The number of hydrogen-bond acceptors (Lipinski definition) is 5. The van der Waals surface area contributed by atoms with Crippen LogP contribution >= 0.6 is 0 Å². The molecule has 0 aromatic carbocycles. The second-order valence-electron chi connectivity index (χ2n) is 4.63. The Kier molecular flexibility index (Phi) is 2.68. The van der Waals surface area contributed by atoms with Gasteiger partial charge in [0.15, 0.2) is 5.76 Å². The summed E-state index contributed by atoms with van der Waals surface area (Å²) < 4.78 is 10.4. The van der Waals surface area contributed by atoms with Gasteiger partial charge in [0.25, 0.3) is 0 Å². The molecule has 0 N–H and O–H groups in total. The number of aromatic nitrogens is 2. The van der Waals surface area contributed by atoms with Gasteiger partial charge in [0.2, 0.25) is 11.7 Å². The Hall–Kier alpha value is -1.62. The van der Waals surface area contributed by atoms with Gasteiger partial charge in [-0.3, -0.25) is 4.90 Å². The standard InChI is InChI=1S/C12H15N3O2/c1-15(7-9-4-5-9)8-11-13-12(14-17-11)10-3-2-6-16-10/h2-3,6,9H,4-5,7-8H2,1H3. The molecule has 0 amide bonds. The molecule has 1 fully saturated rings. The highest BCUT2D eigenvalue weighted by Crippen LogP contribution is 2.29. The summed E-state index contributed by atoms with van der Waals surface area (Å²) in [4.78, 5) is 6.53. The molecule has 0 spiro atoms. The average molecular weight is 233 g/mol. The van der Waals surface area contributed by atoms with E-state index >= 15 is 0 Å². The zero-order valence-electron chi connectivity index (χ0n) is 9.80. The molecule has 3 rings (SSSR count). The quantitative estimate of drug-likeness (QED) is 0.792. The van der Waals surface area contributed by atoms with E-state index < -0.39 is 0 Å². The fourth-order valence-electron chi connectivity index (χ4n) is 1.86. The minimum Gasteiger partial charge on any atom is -0.461 e. The Balaban J connectivity index is 1.63. The van der Waals surface area contributed by atoms with Crippen LogP contribution in [0.2, 0.25) is 0 Å². The third kappa shape index (κ3) is 2.55. The van der Waals surface area contributed by atoms with Crippen molar-refractivity contribution >= 4 is 0 Å². The second kappa shape index (κ2) is 4.33. The summed E-state index contributed by atoms with van der Waals surface area (Å²) in [5, 5.41) is 3.90. The van der Waals surface area contributed by atoms with E-state index in [-0.39, 0.29) is 0 Å². The van der Waals surface area contributed by atoms with Crippen LogP contribution in [0.15, 0.2) is 27.3 Å². The molecular weight excluding hydrogens is 218 g/mol. The first-order chi connectivity index (χ1) is 8.31. The highest BCUT2D eigenvalue weighted by atomic mass is 16.5. The van der Waals surface area contributed by atoms with Gasteiger partial charge in [-0.15, -0.1) is 0 Å². The molecule has 0 saturated heterocycles. The summed E-state index contributed by atoms with van der Waals surface area (Å²) in [6, 6.07) is 3.63. The molecule has 90 valence electrons. The summed E-state index contributed by atoms with van der Waals surface area (Å²) >= 11 is 0. The van der Waals surface area contributed by atoms with Crippen molar-refractivity contribution in [2.24, 2.45) is 5.92 Å². The van der Waals surface area contributed by atoms with E-state index in [0.29, 0.717) is 24.0 Å². The van der Waals surface area contributed by atoms with Crippen LogP contribution in [0.4, 0.5) is 0 Å². The van der Waals surface area contributed by atoms with Gasteiger partial charge in [-0.25, -0.2) is 0 Å². The monoisotopic (exact) mass is 233 g/mol. The molecule has 17 heavy (non-hydrogen) atoms. The molecule has 0 bridgehead atoms. The van der Waals surface area contributed by atoms with Crippen molar-refractivity contribution in [2.45, 2.75) is 19.4 Å². The number of hydrogen-bond donors (Lipinski definition) is 0. The van der Waals surface area contributed by atoms with Crippen molar-refractivity contribution in [3.05, 3.63) is 24.3 Å². The fourth-order valence-corrected chi connectivity index (χ4v) is 1.86. The number of rotatable bonds is 5. The van der Waals surface area contributed by atoms with Crippen LogP contribution in [0.5, 0.6) is 0 Å². The number of furan rings is 1. The maximum atomic E-state index is 5.21. The molecule has 1 aliphatic rings. The van der Waals surface area contributed by atoms with E-state index in [4.69, 9.17) is 8.94 Å². The van der Waals surface area contributed by atoms with E-state index in [0.717, 1.165) is 12.5 Å². The molecule has 2 aromatic rings. The molecule has 0 radical (unpaired) electrons. The van der Waals surface area contributed by atoms with Crippen molar-refractivity contribution < 1.29 is 8.94 Å². The average Bonchev–Trinajstić information content (AvgIpc) is 2.84. The predicted octanol–water partition coefficient (Wildman–Crippen LogP) is 2.17. The largest absolute Gasteiger partial charge is 0.461 e. The maximum Gasteiger partial charge on any atom is 0.241 e. The van der Waals surface area contributed by atoms with Crippen LogP contribution in [-0.4, -0.2) is 28.6 Å². The topological polar surface area (TPSA) is 55.3 Å². The Labute approximate surface area is 99.4 Å². The van der Waals surface area contributed by atoms with Crippen molar-refractivity contribution in [1.82, 2.24) is 15.0 Å². The van der Waals surface area contributed by atoms with Crippen molar-refractivity contribution in [3.8, 4) is 11.6 Å². The van der Waals surface area contributed by atoms with Crippen LogP contribution < -0.4 is 0 Å². The molecule has 2 aromatic heterocycles.